The van der Waals surface area contributed by atoms with Crippen LogP contribution < -0.4 is 5.32 Å². The van der Waals surface area contributed by atoms with Gasteiger partial charge in [0.15, 0.2) is 0 Å². The smallest absolute Gasteiger partial charge is 0.113 e. The second-order valence-electron chi connectivity index (χ2n) is 4.34. The summed E-state index contributed by atoms with van der Waals surface area (Å²) in [5, 5.41) is 17.8. The minimum atomic E-state index is -0.467. The molecule has 2 N–H and O–H groups in total. The lowest BCUT2D eigenvalue weighted by Gasteiger charge is -2.26. The molecular formula is C11H19N3O. The van der Waals surface area contributed by atoms with Crippen LogP contribution in [0.15, 0.2) is 6.07 Å². The number of hydrogen-bond donors (Lipinski definition) is 2. The van der Waals surface area contributed by atoms with Crippen molar-refractivity contribution < 1.29 is 5.11 Å². The van der Waals surface area contributed by atoms with E-state index in [-0.39, 0.29) is 6.04 Å². The first-order valence-electron chi connectivity index (χ1n) is 5.60. The molecule has 0 radical (unpaired) electrons. The highest BCUT2D eigenvalue weighted by atomic mass is 16.3. The summed E-state index contributed by atoms with van der Waals surface area (Å²) < 4.78 is 1.81. The first kappa shape index (κ1) is 10.6. The van der Waals surface area contributed by atoms with Crippen LogP contribution in [0.4, 0.5) is 0 Å². The van der Waals surface area contributed by atoms with Gasteiger partial charge in [-0.15, -0.1) is 0 Å². The Kier molecular flexibility index (Phi) is 3.07. The van der Waals surface area contributed by atoms with Crippen molar-refractivity contribution in [3.8, 4) is 0 Å². The standard InChI is InChI=1S/C11H19N3O/c1-8-7-10(13-14(8)2)11(15)9-5-3-4-6-12-9/h7,9,11-12,15H,3-6H2,1-2H3/t9-,11-/m1/s1. The van der Waals surface area contributed by atoms with Crippen molar-refractivity contribution in [2.24, 2.45) is 7.05 Å². The molecule has 15 heavy (non-hydrogen) atoms. The Morgan fingerprint density at radius 1 is 1.60 bits per heavy atom. The quantitative estimate of drug-likeness (QED) is 0.761. The number of piperidine rings is 1. The number of aliphatic hydroxyl groups excluding tert-OH is 1. The summed E-state index contributed by atoms with van der Waals surface area (Å²) in [6, 6.07) is 2.13. The summed E-state index contributed by atoms with van der Waals surface area (Å²) >= 11 is 0. The van der Waals surface area contributed by atoms with E-state index in [0.29, 0.717) is 0 Å². The summed E-state index contributed by atoms with van der Waals surface area (Å²) in [7, 11) is 1.90. The minimum absolute atomic E-state index is 0.174. The van der Waals surface area contributed by atoms with E-state index in [0.717, 1.165) is 24.4 Å². The first-order chi connectivity index (χ1) is 7.18. The summed E-state index contributed by atoms with van der Waals surface area (Å²) in [5.74, 6) is 0. The molecular weight excluding hydrogens is 190 g/mol. The fraction of sp³-hybridized carbons (Fsp3) is 0.727. The van der Waals surface area contributed by atoms with Crippen LogP contribution in [0.5, 0.6) is 0 Å². The van der Waals surface area contributed by atoms with Crippen molar-refractivity contribution >= 4 is 0 Å². The fourth-order valence-electron chi connectivity index (χ4n) is 2.09. The molecule has 1 fully saturated rings. The molecule has 1 aliphatic rings. The Morgan fingerprint density at radius 3 is 2.93 bits per heavy atom. The van der Waals surface area contributed by atoms with Gasteiger partial charge in [0.25, 0.3) is 0 Å². The maximum absolute atomic E-state index is 10.1. The van der Waals surface area contributed by atoms with Crippen molar-refractivity contribution in [3.63, 3.8) is 0 Å². The SMILES string of the molecule is Cc1cc([C@H](O)[C@H]2CCCCN2)nn1C. The zero-order valence-electron chi connectivity index (χ0n) is 9.40. The van der Waals surface area contributed by atoms with Gasteiger partial charge in [0.05, 0.1) is 5.69 Å². The van der Waals surface area contributed by atoms with Gasteiger partial charge in [0.1, 0.15) is 6.10 Å². The molecule has 4 nitrogen and oxygen atoms in total. The summed E-state index contributed by atoms with van der Waals surface area (Å²) in [6.07, 6.45) is 2.98. The summed E-state index contributed by atoms with van der Waals surface area (Å²) in [4.78, 5) is 0. The second-order valence-corrected chi connectivity index (χ2v) is 4.34. The molecule has 0 spiro atoms. The molecule has 0 aromatic carbocycles. The highest BCUT2D eigenvalue weighted by Crippen LogP contribution is 2.22. The van der Waals surface area contributed by atoms with Gasteiger partial charge >= 0.3 is 0 Å². The van der Waals surface area contributed by atoms with E-state index in [1.54, 1.807) is 4.68 Å². The van der Waals surface area contributed by atoms with Crippen LogP contribution in [-0.4, -0.2) is 27.5 Å². The zero-order valence-corrected chi connectivity index (χ0v) is 9.40. The summed E-state index contributed by atoms with van der Waals surface area (Å²) in [6.45, 7) is 3.01. The zero-order chi connectivity index (χ0) is 10.8. The van der Waals surface area contributed by atoms with E-state index in [2.05, 4.69) is 10.4 Å². The average molecular weight is 209 g/mol. The molecule has 2 rings (SSSR count). The molecule has 0 bridgehead atoms. The van der Waals surface area contributed by atoms with Gasteiger partial charge in [0, 0.05) is 18.8 Å². The molecule has 1 aromatic rings. The van der Waals surface area contributed by atoms with Gasteiger partial charge in [-0.3, -0.25) is 4.68 Å². The predicted octanol–water partition coefficient (Wildman–Crippen LogP) is 0.904. The maximum Gasteiger partial charge on any atom is 0.113 e. The van der Waals surface area contributed by atoms with Gasteiger partial charge in [-0.1, -0.05) is 6.42 Å². The van der Waals surface area contributed by atoms with Crippen LogP contribution >= 0.6 is 0 Å². The van der Waals surface area contributed by atoms with Crippen molar-refractivity contribution in [2.45, 2.75) is 38.3 Å². The topological polar surface area (TPSA) is 50.1 Å². The van der Waals surface area contributed by atoms with Gasteiger partial charge < -0.3 is 10.4 Å². The number of aryl methyl sites for hydroxylation is 2. The Hall–Kier alpha value is -0.870. The fourth-order valence-corrected chi connectivity index (χ4v) is 2.09. The third-order valence-electron chi connectivity index (χ3n) is 3.17. The number of aromatic nitrogens is 2. The number of nitrogens with one attached hydrogen (secondary N) is 1. The normalized spacial score (nSPS) is 24.1. The molecule has 84 valence electrons. The highest BCUT2D eigenvalue weighted by molar-refractivity contribution is 5.13. The Morgan fingerprint density at radius 2 is 2.40 bits per heavy atom. The van der Waals surface area contributed by atoms with Crippen LogP contribution in [-0.2, 0) is 7.05 Å². The van der Waals surface area contributed by atoms with Gasteiger partial charge in [0.2, 0.25) is 0 Å². The van der Waals surface area contributed by atoms with Crippen LogP contribution in [0.1, 0.15) is 36.8 Å². The van der Waals surface area contributed by atoms with Crippen molar-refractivity contribution in [2.75, 3.05) is 6.54 Å². The first-order valence-corrected chi connectivity index (χ1v) is 5.60. The third kappa shape index (κ3) is 2.21. The summed E-state index contributed by atoms with van der Waals surface area (Å²) in [5.41, 5.74) is 1.87. The van der Waals surface area contributed by atoms with E-state index >= 15 is 0 Å². The van der Waals surface area contributed by atoms with Gasteiger partial charge in [-0.25, -0.2) is 0 Å². The largest absolute Gasteiger partial charge is 0.385 e. The minimum Gasteiger partial charge on any atom is -0.385 e. The average Bonchev–Trinajstić information content (AvgIpc) is 2.59. The van der Waals surface area contributed by atoms with Crippen LogP contribution in [0.25, 0.3) is 0 Å². The molecule has 1 aliphatic heterocycles. The Labute approximate surface area is 90.3 Å². The number of nitrogens with zero attached hydrogens (tertiary/aromatic N) is 2. The van der Waals surface area contributed by atoms with E-state index in [1.807, 2.05) is 20.0 Å². The van der Waals surface area contributed by atoms with Crippen LogP contribution in [0, 0.1) is 6.92 Å². The number of rotatable bonds is 2. The van der Waals surface area contributed by atoms with E-state index in [1.165, 1.54) is 12.8 Å². The number of hydrogen-bond acceptors (Lipinski definition) is 3. The Balaban J connectivity index is 2.08. The maximum atomic E-state index is 10.1. The molecule has 0 amide bonds. The molecule has 2 heterocycles. The molecule has 0 aliphatic carbocycles. The van der Waals surface area contributed by atoms with Gasteiger partial charge in [-0.2, -0.15) is 5.10 Å². The highest BCUT2D eigenvalue weighted by Gasteiger charge is 2.24. The lowest BCUT2D eigenvalue weighted by molar-refractivity contribution is 0.109. The molecule has 0 unspecified atom stereocenters. The molecule has 2 atom stereocenters. The Bertz CT molecular complexity index is 309. The van der Waals surface area contributed by atoms with Crippen LogP contribution in [0.3, 0.4) is 0 Å². The third-order valence-corrected chi connectivity index (χ3v) is 3.17. The van der Waals surface area contributed by atoms with Gasteiger partial charge in [-0.05, 0) is 32.4 Å². The van der Waals surface area contributed by atoms with E-state index in [9.17, 15) is 5.11 Å². The molecule has 1 saturated heterocycles. The molecule has 0 saturated carbocycles. The molecule has 1 aromatic heterocycles. The lowest BCUT2D eigenvalue weighted by atomic mass is 9.98. The predicted molar refractivity (Wildman–Crippen MR) is 58.5 cm³/mol. The number of aliphatic hydroxyl groups is 1. The lowest BCUT2D eigenvalue weighted by Crippen LogP contribution is -2.38. The second kappa shape index (κ2) is 4.33. The van der Waals surface area contributed by atoms with Crippen molar-refractivity contribution in [1.29, 1.82) is 0 Å². The van der Waals surface area contributed by atoms with Crippen molar-refractivity contribution in [1.82, 2.24) is 15.1 Å². The van der Waals surface area contributed by atoms with Crippen LogP contribution in [0.2, 0.25) is 0 Å². The van der Waals surface area contributed by atoms with Crippen molar-refractivity contribution in [3.05, 3.63) is 17.5 Å². The monoisotopic (exact) mass is 209 g/mol. The molecule has 4 heteroatoms. The van der Waals surface area contributed by atoms with E-state index in [4.69, 9.17) is 0 Å². The van der Waals surface area contributed by atoms with E-state index < -0.39 is 6.10 Å².